The van der Waals surface area contributed by atoms with Gasteiger partial charge in [-0.3, -0.25) is 14.6 Å². The van der Waals surface area contributed by atoms with Crippen LogP contribution < -0.4 is 0 Å². The van der Waals surface area contributed by atoms with Gasteiger partial charge in [-0.15, -0.1) is 0 Å². The Balaban J connectivity index is 2.71. The molecule has 0 atom stereocenters. The molecule has 3 heteroatoms. The topological polar surface area (TPSA) is 47.0 Å². The highest BCUT2D eigenvalue weighted by molar-refractivity contribution is 5.96. The zero-order valence-electron chi connectivity index (χ0n) is 9.12. The maximum absolute atomic E-state index is 11.5. The molecule has 0 saturated heterocycles. The third kappa shape index (κ3) is 3.27. The molecule has 3 nitrogen and oxygen atoms in total. The fourth-order valence-electron chi connectivity index (χ4n) is 1.23. The highest BCUT2D eigenvalue weighted by atomic mass is 16.1. The lowest BCUT2D eigenvalue weighted by atomic mass is 10.1. The summed E-state index contributed by atoms with van der Waals surface area (Å²) in [5, 5.41) is 0. The molecule has 0 unspecified atom stereocenters. The standard InChI is InChI=1S/C12H15NO2/c1-3-4-5-12(15)11-7-6-10(8-13-11)9(2)14/h6-8H,3-5H2,1-2H3. The van der Waals surface area contributed by atoms with E-state index in [1.54, 1.807) is 12.1 Å². The summed E-state index contributed by atoms with van der Waals surface area (Å²) in [5.41, 5.74) is 0.996. The van der Waals surface area contributed by atoms with E-state index in [4.69, 9.17) is 0 Å². The van der Waals surface area contributed by atoms with E-state index in [-0.39, 0.29) is 11.6 Å². The van der Waals surface area contributed by atoms with Gasteiger partial charge in [0.1, 0.15) is 5.69 Å². The average molecular weight is 205 g/mol. The highest BCUT2D eigenvalue weighted by Gasteiger charge is 2.07. The molecular formula is C12H15NO2. The lowest BCUT2D eigenvalue weighted by molar-refractivity contribution is 0.0971. The van der Waals surface area contributed by atoms with Crippen LogP contribution in [-0.2, 0) is 0 Å². The molecule has 0 saturated carbocycles. The number of rotatable bonds is 5. The normalized spacial score (nSPS) is 10.0. The van der Waals surface area contributed by atoms with Gasteiger partial charge in [0.2, 0.25) is 0 Å². The van der Waals surface area contributed by atoms with Crippen molar-refractivity contribution >= 4 is 11.6 Å². The van der Waals surface area contributed by atoms with Gasteiger partial charge in [0, 0.05) is 18.2 Å². The van der Waals surface area contributed by atoms with Gasteiger partial charge in [-0.2, -0.15) is 0 Å². The number of hydrogen-bond donors (Lipinski definition) is 0. The predicted octanol–water partition coefficient (Wildman–Crippen LogP) is 2.66. The third-order valence-electron chi connectivity index (χ3n) is 2.21. The number of pyridine rings is 1. The largest absolute Gasteiger partial charge is 0.294 e. The smallest absolute Gasteiger partial charge is 0.181 e. The lowest BCUT2D eigenvalue weighted by Crippen LogP contribution is -2.03. The number of hydrogen-bond acceptors (Lipinski definition) is 3. The minimum atomic E-state index is -0.0324. The van der Waals surface area contributed by atoms with Crippen molar-refractivity contribution in [1.82, 2.24) is 4.98 Å². The Labute approximate surface area is 89.5 Å². The van der Waals surface area contributed by atoms with Crippen molar-refractivity contribution in [3.63, 3.8) is 0 Å². The van der Waals surface area contributed by atoms with Gasteiger partial charge >= 0.3 is 0 Å². The summed E-state index contributed by atoms with van der Waals surface area (Å²) in [7, 11) is 0. The first kappa shape index (κ1) is 11.6. The zero-order valence-corrected chi connectivity index (χ0v) is 9.12. The Morgan fingerprint density at radius 2 is 2.07 bits per heavy atom. The van der Waals surface area contributed by atoms with Crippen LogP contribution in [0, 0.1) is 0 Å². The van der Waals surface area contributed by atoms with Gasteiger partial charge in [-0.1, -0.05) is 13.3 Å². The Morgan fingerprint density at radius 1 is 1.33 bits per heavy atom. The second-order valence-electron chi connectivity index (χ2n) is 3.52. The van der Waals surface area contributed by atoms with Crippen LogP contribution in [0.15, 0.2) is 18.3 Å². The van der Waals surface area contributed by atoms with Crippen LogP contribution >= 0.6 is 0 Å². The number of nitrogens with zero attached hydrogens (tertiary/aromatic N) is 1. The quantitative estimate of drug-likeness (QED) is 0.694. The summed E-state index contributed by atoms with van der Waals surface area (Å²) >= 11 is 0. The van der Waals surface area contributed by atoms with Crippen LogP contribution in [0.25, 0.3) is 0 Å². The number of Topliss-reactive ketones (excluding diaryl/α,β-unsaturated/α-hetero) is 2. The van der Waals surface area contributed by atoms with Crippen LogP contribution in [0.4, 0.5) is 0 Å². The van der Waals surface area contributed by atoms with Gasteiger partial charge in [-0.05, 0) is 25.5 Å². The fourth-order valence-corrected chi connectivity index (χ4v) is 1.23. The second kappa shape index (κ2) is 5.39. The van der Waals surface area contributed by atoms with Crippen LogP contribution in [0.3, 0.4) is 0 Å². The van der Waals surface area contributed by atoms with Crippen LogP contribution in [-0.4, -0.2) is 16.6 Å². The molecule has 1 heterocycles. The van der Waals surface area contributed by atoms with Crippen molar-refractivity contribution in [3.05, 3.63) is 29.6 Å². The Bertz CT molecular complexity index is 354. The molecule has 0 aliphatic rings. The summed E-state index contributed by atoms with van der Waals surface area (Å²) in [4.78, 5) is 26.5. The molecule has 1 aromatic heterocycles. The van der Waals surface area contributed by atoms with E-state index >= 15 is 0 Å². The molecule has 0 aromatic carbocycles. The Hall–Kier alpha value is -1.51. The maximum atomic E-state index is 11.5. The van der Waals surface area contributed by atoms with Crippen LogP contribution in [0.5, 0.6) is 0 Å². The summed E-state index contributed by atoms with van der Waals surface area (Å²) in [6.45, 7) is 3.52. The fraction of sp³-hybridized carbons (Fsp3) is 0.417. The van der Waals surface area contributed by atoms with Gasteiger partial charge in [0.15, 0.2) is 11.6 Å². The number of ketones is 2. The molecule has 80 valence electrons. The SMILES string of the molecule is CCCCC(=O)c1ccc(C(C)=O)cn1. The van der Waals surface area contributed by atoms with Crippen LogP contribution in [0.2, 0.25) is 0 Å². The molecule has 0 N–H and O–H groups in total. The molecule has 0 fully saturated rings. The molecule has 0 bridgehead atoms. The molecule has 1 rings (SSSR count). The Kier molecular flexibility index (Phi) is 4.16. The highest BCUT2D eigenvalue weighted by Crippen LogP contribution is 2.06. The minimum Gasteiger partial charge on any atom is -0.294 e. The van der Waals surface area contributed by atoms with E-state index in [0.717, 1.165) is 12.8 Å². The second-order valence-corrected chi connectivity index (χ2v) is 3.52. The van der Waals surface area contributed by atoms with Gasteiger partial charge in [0.05, 0.1) is 0 Å². The predicted molar refractivity (Wildman–Crippen MR) is 58.1 cm³/mol. The summed E-state index contributed by atoms with van der Waals surface area (Å²) in [6, 6.07) is 3.27. The molecule has 0 radical (unpaired) electrons. The van der Waals surface area contributed by atoms with Crippen LogP contribution in [0.1, 0.15) is 54.0 Å². The minimum absolute atomic E-state index is 0.0324. The monoisotopic (exact) mass is 205 g/mol. The summed E-state index contributed by atoms with van der Waals surface area (Å²) in [5.74, 6) is 0.0157. The average Bonchev–Trinajstić information content (AvgIpc) is 2.26. The van der Waals surface area contributed by atoms with Gasteiger partial charge in [-0.25, -0.2) is 0 Å². The summed E-state index contributed by atoms with van der Waals surface area (Å²) < 4.78 is 0. The molecule has 0 spiro atoms. The molecular weight excluding hydrogens is 190 g/mol. The third-order valence-corrected chi connectivity index (χ3v) is 2.21. The zero-order chi connectivity index (χ0) is 11.3. The van der Waals surface area contributed by atoms with Crippen molar-refractivity contribution < 1.29 is 9.59 Å². The number of unbranched alkanes of at least 4 members (excludes halogenated alkanes) is 1. The number of carbonyl (C=O) groups excluding carboxylic acids is 2. The number of carbonyl (C=O) groups is 2. The molecule has 0 amide bonds. The van der Waals surface area contributed by atoms with Crippen molar-refractivity contribution in [2.45, 2.75) is 33.1 Å². The Morgan fingerprint density at radius 3 is 2.53 bits per heavy atom. The van der Waals surface area contributed by atoms with Gasteiger partial charge in [0.25, 0.3) is 0 Å². The lowest BCUT2D eigenvalue weighted by Gasteiger charge is -1.99. The molecule has 0 aliphatic carbocycles. The van der Waals surface area contributed by atoms with E-state index in [1.165, 1.54) is 13.1 Å². The van der Waals surface area contributed by atoms with E-state index in [9.17, 15) is 9.59 Å². The molecule has 0 aliphatic heterocycles. The maximum Gasteiger partial charge on any atom is 0.181 e. The van der Waals surface area contributed by atoms with Crippen molar-refractivity contribution in [3.8, 4) is 0 Å². The van der Waals surface area contributed by atoms with Crippen molar-refractivity contribution in [2.75, 3.05) is 0 Å². The first-order valence-corrected chi connectivity index (χ1v) is 5.15. The van der Waals surface area contributed by atoms with E-state index in [1.807, 2.05) is 6.92 Å². The van der Waals surface area contributed by atoms with Crippen molar-refractivity contribution in [2.24, 2.45) is 0 Å². The summed E-state index contributed by atoms with van der Waals surface area (Å²) in [6.07, 6.45) is 3.87. The number of aromatic nitrogens is 1. The first-order valence-electron chi connectivity index (χ1n) is 5.15. The van der Waals surface area contributed by atoms with Crippen molar-refractivity contribution in [1.29, 1.82) is 0 Å². The van der Waals surface area contributed by atoms with E-state index < -0.39 is 0 Å². The molecule has 1 aromatic rings. The van der Waals surface area contributed by atoms with E-state index in [2.05, 4.69) is 4.98 Å². The van der Waals surface area contributed by atoms with E-state index in [0.29, 0.717) is 17.7 Å². The molecule has 15 heavy (non-hydrogen) atoms. The van der Waals surface area contributed by atoms with Gasteiger partial charge < -0.3 is 0 Å². The first-order chi connectivity index (χ1) is 7.15.